The Labute approximate surface area is 153 Å². The van der Waals surface area contributed by atoms with Crippen LogP contribution in [0.15, 0.2) is 12.4 Å². The largest absolute Gasteiger partial charge is 0.357 e. The third-order valence-corrected chi connectivity index (χ3v) is 4.34. The lowest BCUT2D eigenvalue weighted by atomic mass is 10.1. The summed E-state index contributed by atoms with van der Waals surface area (Å²) in [6.45, 7) is 7.58. The number of carbonyl (C=O) groups is 2. The highest BCUT2D eigenvalue weighted by Crippen LogP contribution is 2.20. The van der Waals surface area contributed by atoms with Gasteiger partial charge in [0.1, 0.15) is 0 Å². The molecule has 140 valence electrons. The van der Waals surface area contributed by atoms with Crippen molar-refractivity contribution in [3.63, 3.8) is 0 Å². The number of ketones is 1. The second-order valence-electron chi connectivity index (χ2n) is 6.51. The number of rotatable bonds is 7. The smallest absolute Gasteiger partial charge is 0.224 e. The monoisotopic (exact) mass is 358 g/mol. The van der Waals surface area contributed by atoms with Crippen molar-refractivity contribution in [1.29, 1.82) is 0 Å². The van der Waals surface area contributed by atoms with Crippen LogP contribution in [0.5, 0.6) is 0 Å². The van der Waals surface area contributed by atoms with Gasteiger partial charge < -0.3 is 10.2 Å². The maximum absolute atomic E-state index is 12.6. The van der Waals surface area contributed by atoms with E-state index in [1.165, 1.54) is 6.92 Å². The van der Waals surface area contributed by atoms with Gasteiger partial charge in [0.05, 0.1) is 17.3 Å². The van der Waals surface area contributed by atoms with Gasteiger partial charge in [-0.1, -0.05) is 0 Å². The fraction of sp³-hybridized carbons (Fsp3) is 0.500. The lowest BCUT2D eigenvalue weighted by molar-refractivity contribution is -0.131. The number of anilines is 1. The van der Waals surface area contributed by atoms with Gasteiger partial charge in [0.15, 0.2) is 5.78 Å². The molecule has 2 heterocycles. The van der Waals surface area contributed by atoms with Gasteiger partial charge in [0, 0.05) is 50.7 Å². The van der Waals surface area contributed by atoms with Crippen LogP contribution in [-0.4, -0.2) is 50.4 Å². The quantitative estimate of drug-likeness (QED) is 0.762. The molecule has 1 unspecified atom stereocenters. The van der Waals surface area contributed by atoms with E-state index >= 15 is 0 Å². The van der Waals surface area contributed by atoms with Crippen molar-refractivity contribution >= 4 is 17.6 Å². The predicted octanol–water partition coefficient (Wildman–Crippen LogP) is 2.14. The second-order valence-corrected chi connectivity index (χ2v) is 6.51. The maximum Gasteiger partial charge on any atom is 0.224 e. The number of aromatic nitrogens is 4. The maximum atomic E-state index is 12.6. The van der Waals surface area contributed by atoms with Crippen LogP contribution in [0.4, 0.5) is 5.95 Å². The summed E-state index contributed by atoms with van der Waals surface area (Å²) in [4.78, 5) is 34.3. The van der Waals surface area contributed by atoms with Crippen molar-refractivity contribution in [2.45, 2.75) is 46.7 Å². The molecule has 0 fully saturated rings. The lowest BCUT2D eigenvalue weighted by Gasteiger charge is -2.20. The van der Waals surface area contributed by atoms with E-state index in [1.807, 2.05) is 20.8 Å². The highest BCUT2D eigenvalue weighted by molar-refractivity contribution is 5.96. The van der Waals surface area contributed by atoms with E-state index in [4.69, 9.17) is 0 Å². The Morgan fingerprint density at radius 2 is 1.88 bits per heavy atom. The Morgan fingerprint density at radius 3 is 2.38 bits per heavy atom. The number of hydrogen-bond acceptors (Lipinski definition) is 6. The summed E-state index contributed by atoms with van der Waals surface area (Å²) in [5.41, 5.74) is 3.00. The van der Waals surface area contributed by atoms with Crippen LogP contribution in [0, 0.1) is 13.8 Å². The standard InChI is InChI=1S/C18H26N6O2/c1-11(24-13(3)17(14(4)25)12(2)22-24)7-16(26)23(6)10-15-8-20-18(19-5)21-9-15/h8-9,11H,7,10H2,1-6H3,(H,19,20,21). The van der Waals surface area contributed by atoms with Crippen LogP contribution in [-0.2, 0) is 11.3 Å². The third kappa shape index (κ3) is 4.25. The van der Waals surface area contributed by atoms with Crippen LogP contribution in [0.3, 0.4) is 0 Å². The lowest BCUT2D eigenvalue weighted by Crippen LogP contribution is -2.28. The van der Waals surface area contributed by atoms with Crippen LogP contribution in [0.25, 0.3) is 0 Å². The van der Waals surface area contributed by atoms with Crippen LogP contribution >= 0.6 is 0 Å². The highest BCUT2D eigenvalue weighted by Gasteiger charge is 2.21. The Morgan fingerprint density at radius 1 is 1.27 bits per heavy atom. The molecule has 8 nitrogen and oxygen atoms in total. The van der Waals surface area contributed by atoms with E-state index in [9.17, 15) is 9.59 Å². The molecular formula is C18H26N6O2. The molecule has 0 saturated heterocycles. The van der Waals surface area contributed by atoms with Gasteiger partial charge in [-0.25, -0.2) is 9.97 Å². The molecule has 0 aliphatic carbocycles. The number of hydrogen-bond donors (Lipinski definition) is 1. The van der Waals surface area contributed by atoms with Gasteiger partial charge in [0.25, 0.3) is 0 Å². The van der Waals surface area contributed by atoms with Gasteiger partial charge in [-0.05, 0) is 27.7 Å². The van der Waals surface area contributed by atoms with Gasteiger partial charge in [-0.2, -0.15) is 5.10 Å². The fourth-order valence-corrected chi connectivity index (χ4v) is 3.02. The highest BCUT2D eigenvalue weighted by atomic mass is 16.2. The third-order valence-electron chi connectivity index (χ3n) is 4.34. The summed E-state index contributed by atoms with van der Waals surface area (Å²) in [6.07, 6.45) is 3.70. The summed E-state index contributed by atoms with van der Waals surface area (Å²) in [7, 11) is 3.51. The molecule has 8 heteroatoms. The van der Waals surface area contributed by atoms with E-state index in [-0.39, 0.29) is 17.7 Å². The average Bonchev–Trinajstić information content (AvgIpc) is 2.90. The molecule has 1 atom stereocenters. The first kappa shape index (κ1) is 19.6. The average molecular weight is 358 g/mol. The van der Waals surface area contributed by atoms with E-state index in [1.54, 1.807) is 36.1 Å². The summed E-state index contributed by atoms with van der Waals surface area (Å²) >= 11 is 0. The van der Waals surface area contributed by atoms with Gasteiger partial charge in [-0.3, -0.25) is 14.3 Å². The number of nitrogens with one attached hydrogen (secondary N) is 1. The van der Waals surface area contributed by atoms with Crippen LogP contribution in [0.2, 0.25) is 0 Å². The summed E-state index contributed by atoms with van der Waals surface area (Å²) in [5.74, 6) is 0.529. The summed E-state index contributed by atoms with van der Waals surface area (Å²) in [5, 5.41) is 7.30. The molecule has 0 spiro atoms. The zero-order valence-electron chi connectivity index (χ0n) is 16.2. The van der Waals surface area contributed by atoms with E-state index in [2.05, 4.69) is 20.4 Å². The first-order chi connectivity index (χ1) is 12.2. The van der Waals surface area contributed by atoms with Crippen molar-refractivity contribution in [3.05, 3.63) is 34.9 Å². The van der Waals surface area contributed by atoms with Crippen molar-refractivity contribution in [2.75, 3.05) is 19.4 Å². The minimum atomic E-state index is -0.139. The molecule has 0 aliphatic heterocycles. The molecule has 0 bridgehead atoms. The first-order valence-corrected chi connectivity index (χ1v) is 8.53. The number of Topliss-reactive ketones (excluding diaryl/α,β-unsaturated/α-hetero) is 1. The molecule has 2 aromatic rings. The zero-order chi connectivity index (χ0) is 19.4. The van der Waals surface area contributed by atoms with E-state index < -0.39 is 0 Å². The Hall–Kier alpha value is -2.77. The number of amides is 1. The number of nitrogens with zero attached hydrogens (tertiary/aromatic N) is 5. The van der Waals surface area contributed by atoms with Crippen molar-refractivity contribution in [3.8, 4) is 0 Å². The molecule has 0 aromatic carbocycles. The minimum absolute atomic E-state index is 0.00730. The minimum Gasteiger partial charge on any atom is -0.357 e. The second kappa shape index (κ2) is 8.07. The Bertz CT molecular complexity index is 797. The first-order valence-electron chi connectivity index (χ1n) is 8.53. The topological polar surface area (TPSA) is 93.0 Å². The summed E-state index contributed by atoms with van der Waals surface area (Å²) in [6, 6.07) is -0.139. The Balaban J connectivity index is 2.04. The van der Waals surface area contributed by atoms with Crippen LogP contribution in [0.1, 0.15) is 53.6 Å². The van der Waals surface area contributed by atoms with Crippen LogP contribution < -0.4 is 5.32 Å². The fourth-order valence-electron chi connectivity index (χ4n) is 3.02. The molecule has 26 heavy (non-hydrogen) atoms. The molecule has 2 aromatic heterocycles. The Kier molecular flexibility index (Phi) is 6.07. The van der Waals surface area contributed by atoms with Gasteiger partial charge in [-0.15, -0.1) is 0 Å². The SMILES string of the molecule is CNc1ncc(CN(C)C(=O)CC(C)n2nc(C)c(C(C)=O)c2C)cn1. The molecule has 0 aliphatic rings. The number of carbonyl (C=O) groups excluding carboxylic acids is 2. The molecule has 0 saturated carbocycles. The molecule has 0 radical (unpaired) electrons. The van der Waals surface area contributed by atoms with E-state index in [0.717, 1.165) is 11.3 Å². The summed E-state index contributed by atoms with van der Waals surface area (Å²) < 4.78 is 1.77. The zero-order valence-corrected chi connectivity index (χ0v) is 16.2. The predicted molar refractivity (Wildman–Crippen MR) is 99.1 cm³/mol. The molecule has 1 amide bonds. The normalized spacial score (nSPS) is 11.9. The van der Waals surface area contributed by atoms with Crippen molar-refractivity contribution in [2.24, 2.45) is 0 Å². The van der Waals surface area contributed by atoms with Gasteiger partial charge >= 0.3 is 0 Å². The number of aryl methyl sites for hydroxylation is 1. The van der Waals surface area contributed by atoms with Gasteiger partial charge in [0.2, 0.25) is 11.9 Å². The van der Waals surface area contributed by atoms with Crippen molar-refractivity contribution < 1.29 is 9.59 Å². The molecular weight excluding hydrogens is 332 g/mol. The molecule has 1 N–H and O–H groups in total. The van der Waals surface area contributed by atoms with Crippen molar-refractivity contribution in [1.82, 2.24) is 24.6 Å². The van der Waals surface area contributed by atoms with E-state index in [0.29, 0.717) is 30.2 Å². The molecule has 2 rings (SSSR count).